The van der Waals surface area contributed by atoms with E-state index in [1.807, 2.05) is 12.2 Å². The van der Waals surface area contributed by atoms with Crippen LogP contribution in [0.1, 0.15) is 245 Å². The molecule has 0 spiro atoms. The number of unbranched alkanes of at least 4 members (excludes halogenated alkanes) is 28. The van der Waals surface area contributed by atoms with Gasteiger partial charge in [-0.05, 0) is 57.8 Å². The molecule has 410 valence electrons. The number of rotatable bonds is 49. The lowest BCUT2D eigenvalue weighted by Gasteiger charge is -2.40. The largest absolute Gasteiger partial charge is 0.394 e. The molecule has 6 N–H and O–H groups in total. The first-order valence-electron chi connectivity index (χ1n) is 29.3. The summed E-state index contributed by atoms with van der Waals surface area (Å²) >= 11 is 0. The summed E-state index contributed by atoms with van der Waals surface area (Å²) in [5.41, 5.74) is 0. The average molecular weight is 997 g/mol. The number of carbonyl (C=O) groups is 1. The quantitative estimate of drug-likeness (QED) is 0.0261. The molecular formula is C62H109NO8. The molecule has 7 atom stereocenters. The van der Waals surface area contributed by atoms with Gasteiger partial charge in [0.2, 0.25) is 5.91 Å². The second-order valence-corrected chi connectivity index (χ2v) is 20.1. The van der Waals surface area contributed by atoms with Crippen LogP contribution in [0.4, 0.5) is 0 Å². The van der Waals surface area contributed by atoms with E-state index in [1.54, 1.807) is 12.2 Å². The molecule has 0 radical (unpaired) electrons. The number of amides is 1. The van der Waals surface area contributed by atoms with E-state index in [2.05, 4.69) is 79.9 Å². The minimum atomic E-state index is -1.59. The topological polar surface area (TPSA) is 149 Å². The summed E-state index contributed by atoms with van der Waals surface area (Å²) in [5.74, 6) is -0.314. The number of ether oxygens (including phenoxy) is 2. The maximum atomic E-state index is 12.9. The van der Waals surface area contributed by atoms with E-state index in [0.29, 0.717) is 6.42 Å². The summed E-state index contributed by atoms with van der Waals surface area (Å²) < 4.78 is 11.2. The molecule has 1 fully saturated rings. The zero-order valence-electron chi connectivity index (χ0n) is 45.5. The third-order valence-corrected chi connectivity index (χ3v) is 13.5. The van der Waals surface area contributed by atoms with Crippen LogP contribution in [0.3, 0.4) is 0 Å². The van der Waals surface area contributed by atoms with E-state index < -0.39 is 49.5 Å². The number of carbonyl (C=O) groups excluding carboxylic acids is 1. The summed E-state index contributed by atoms with van der Waals surface area (Å²) in [6, 6.07) is -0.882. The van der Waals surface area contributed by atoms with E-state index in [-0.39, 0.29) is 18.9 Å². The maximum Gasteiger partial charge on any atom is 0.224 e. The number of hydrogen-bond donors (Lipinski definition) is 6. The van der Waals surface area contributed by atoms with Gasteiger partial charge in [0.25, 0.3) is 0 Å². The van der Waals surface area contributed by atoms with Crippen LogP contribution in [0.25, 0.3) is 0 Å². The molecule has 0 aromatic heterocycles. The van der Waals surface area contributed by atoms with Crippen LogP contribution in [0.15, 0.2) is 85.1 Å². The lowest BCUT2D eigenvalue weighted by molar-refractivity contribution is -0.302. The molecule has 0 aromatic carbocycles. The first-order chi connectivity index (χ1) is 34.8. The monoisotopic (exact) mass is 996 g/mol. The Morgan fingerprint density at radius 3 is 1.32 bits per heavy atom. The van der Waals surface area contributed by atoms with Crippen molar-refractivity contribution < 1.29 is 39.8 Å². The van der Waals surface area contributed by atoms with Crippen molar-refractivity contribution in [3.63, 3.8) is 0 Å². The molecule has 1 aliphatic rings. The van der Waals surface area contributed by atoms with Gasteiger partial charge in [0.1, 0.15) is 24.4 Å². The first kappa shape index (κ1) is 66.4. The van der Waals surface area contributed by atoms with Crippen molar-refractivity contribution in [2.75, 3.05) is 13.2 Å². The highest BCUT2D eigenvalue weighted by atomic mass is 16.7. The van der Waals surface area contributed by atoms with E-state index in [0.717, 1.165) is 44.9 Å². The van der Waals surface area contributed by atoms with Gasteiger partial charge >= 0.3 is 0 Å². The molecule has 1 aliphatic heterocycles. The second kappa shape index (κ2) is 50.9. The average Bonchev–Trinajstić information content (AvgIpc) is 3.37. The highest BCUT2D eigenvalue weighted by Gasteiger charge is 2.44. The Morgan fingerprint density at radius 2 is 0.887 bits per heavy atom. The number of hydrogen-bond acceptors (Lipinski definition) is 8. The highest BCUT2D eigenvalue weighted by Crippen LogP contribution is 2.23. The third-order valence-electron chi connectivity index (χ3n) is 13.5. The SMILES string of the molecule is CC/C=C\C/C=C\C/C=C\C/C=C\C/C=C\CC(=O)NC(COC1OC(CO)C(O)C(O)C1O)C(O)/C=C/CC/C=C/CCCCCCCCCCCCCCCCCCCCCCCCCCCCC. The van der Waals surface area contributed by atoms with Crippen molar-refractivity contribution in [2.45, 2.75) is 288 Å². The summed E-state index contributed by atoms with van der Waals surface area (Å²) in [6.07, 6.45) is 65.7. The molecule has 7 unspecified atom stereocenters. The number of aliphatic hydroxyl groups excluding tert-OH is 5. The molecule has 1 heterocycles. The molecule has 1 rings (SSSR count). The van der Waals surface area contributed by atoms with Crippen LogP contribution in [-0.4, -0.2) is 87.5 Å². The molecule has 71 heavy (non-hydrogen) atoms. The highest BCUT2D eigenvalue weighted by molar-refractivity contribution is 5.77. The van der Waals surface area contributed by atoms with E-state index >= 15 is 0 Å². The summed E-state index contributed by atoms with van der Waals surface area (Å²) in [4.78, 5) is 12.9. The van der Waals surface area contributed by atoms with Gasteiger partial charge in [0.05, 0.1) is 25.4 Å². The number of nitrogens with one attached hydrogen (secondary N) is 1. The normalized spacial score (nSPS) is 19.9. The van der Waals surface area contributed by atoms with Crippen molar-refractivity contribution in [1.29, 1.82) is 0 Å². The number of aliphatic hydroxyl groups is 5. The zero-order chi connectivity index (χ0) is 51.5. The Morgan fingerprint density at radius 1 is 0.493 bits per heavy atom. The first-order valence-corrected chi connectivity index (χ1v) is 29.3. The Kier molecular flexibility index (Phi) is 47.6. The van der Waals surface area contributed by atoms with Gasteiger partial charge in [-0.2, -0.15) is 0 Å². The van der Waals surface area contributed by atoms with Gasteiger partial charge in [-0.25, -0.2) is 0 Å². The van der Waals surface area contributed by atoms with Crippen molar-refractivity contribution in [3.8, 4) is 0 Å². The molecule has 0 bridgehead atoms. The maximum absolute atomic E-state index is 12.9. The predicted molar refractivity (Wildman–Crippen MR) is 299 cm³/mol. The molecule has 0 saturated carbocycles. The van der Waals surface area contributed by atoms with E-state index in [9.17, 15) is 30.3 Å². The van der Waals surface area contributed by atoms with Crippen LogP contribution in [0.2, 0.25) is 0 Å². The van der Waals surface area contributed by atoms with Crippen LogP contribution in [0, 0.1) is 0 Å². The molecule has 9 nitrogen and oxygen atoms in total. The van der Waals surface area contributed by atoms with Crippen LogP contribution >= 0.6 is 0 Å². The minimum absolute atomic E-state index is 0.102. The van der Waals surface area contributed by atoms with Crippen LogP contribution in [0.5, 0.6) is 0 Å². The third kappa shape index (κ3) is 40.4. The van der Waals surface area contributed by atoms with Gasteiger partial charge in [0, 0.05) is 6.42 Å². The van der Waals surface area contributed by atoms with Gasteiger partial charge in [-0.3, -0.25) is 4.79 Å². The predicted octanol–water partition coefficient (Wildman–Crippen LogP) is 14.6. The van der Waals surface area contributed by atoms with Crippen LogP contribution < -0.4 is 5.32 Å². The zero-order valence-corrected chi connectivity index (χ0v) is 45.5. The Hall–Kier alpha value is -2.63. The Labute approximate surface area is 435 Å². The fourth-order valence-corrected chi connectivity index (χ4v) is 8.89. The fourth-order valence-electron chi connectivity index (χ4n) is 8.89. The molecular weight excluding hydrogens is 887 g/mol. The summed E-state index contributed by atoms with van der Waals surface area (Å²) in [5, 5.41) is 54.3. The van der Waals surface area contributed by atoms with E-state index in [1.165, 1.54) is 173 Å². The minimum Gasteiger partial charge on any atom is -0.394 e. The second-order valence-electron chi connectivity index (χ2n) is 20.1. The number of allylic oxidation sites excluding steroid dienone is 12. The molecule has 9 heteroatoms. The Balaban J connectivity index is 2.20. The van der Waals surface area contributed by atoms with Crippen molar-refractivity contribution >= 4 is 5.91 Å². The van der Waals surface area contributed by atoms with Gasteiger partial charge in [-0.1, -0.05) is 266 Å². The lowest BCUT2D eigenvalue weighted by Crippen LogP contribution is -2.60. The van der Waals surface area contributed by atoms with Crippen molar-refractivity contribution in [3.05, 3.63) is 85.1 Å². The van der Waals surface area contributed by atoms with Gasteiger partial charge in [0.15, 0.2) is 6.29 Å². The molecule has 0 aliphatic carbocycles. The molecule has 1 saturated heterocycles. The van der Waals surface area contributed by atoms with Crippen molar-refractivity contribution in [2.24, 2.45) is 0 Å². The van der Waals surface area contributed by atoms with Gasteiger partial charge in [-0.15, -0.1) is 0 Å². The smallest absolute Gasteiger partial charge is 0.224 e. The lowest BCUT2D eigenvalue weighted by atomic mass is 9.99. The summed E-state index contributed by atoms with van der Waals surface area (Å²) in [6.45, 7) is 3.60. The molecule has 0 aromatic rings. The standard InChI is InChI=1S/C62H109NO8/c1-3-5-7-9-11-13-15-17-19-20-21-22-23-24-25-26-27-28-29-30-31-32-33-34-35-36-38-39-41-43-45-47-49-51-56(65)55(54-70-62-61(69)60(68)59(67)57(53-64)71-62)63-58(66)52-50-48-46-44-42-40-37-18-16-14-12-10-8-6-4-2/h6,8,12,14,18,37,41-44,48-51,55-57,59-62,64-65,67-69H,3-5,7,9-11,13,15-17,19-36,38-40,45-47,52-54H2,1-2H3,(H,63,66)/b8-6-,14-12-,37-18-,43-41+,44-42-,50-48-,51-49+. The fraction of sp³-hybridized carbons (Fsp3) is 0.758. The van der Waals surface area contributed by atoms with Gasteiger partial charge < -0.3 is 40.3 Å². The Bertz CT molecular complexity index is 1390. The van der Waals surface area contributed by atoms with E-state index in [4.69, 9.17) is 9.47 Å². The summed E-state index contributed by atoms with van der Waals surface area (Å²) in [7, 11) is 0. The van der Waals surface area contributed by atoms with Crippen LogP contribution in [-0.2, 0) is 14.3 Å². The molecule has 1 amide bonds. The van der Waals surface area contributed by atoms with Crippen molar-refractivity contribution in [1.82, 2.24) is 5.32 Å².